The third kappa shape index (κ3) is 5.16. The van der Waals surface area contributed by atoms with Gasteiger partial charge in [0.1, 0.15) is 23.4 Å². The number of carboxylic acids is 1. The van der Waals surface area contributed by atoms with Crippen LogP contribution >= 0.6 is 11.6 Å². The molecular weight excluding hydrogens is 368 g/mol. The molecule has 8 heteroatoms. The first kappa shape index (κ1) is 19.7. The molecule has 0 saturated heterocycles. The van der Waals surface area contributed by atoms with E-state index in [1.165, 1.54) is 7.11 Å². The summed E-state index contributed by atoms with van der Waals surface area (Å²) in [5.74, 6) is -3.12. The molecule has 0 spiro atoms. The maximum atomic E-state index is 13.6. The molecule has 0 aromatic heterocycles. The van der Waals surface area contributed by atoms with Crippen molar-refractivity contribution in [2.45, 2.75) is 18.9 Å². The highest BCUT2D eigenvalue weighted by atomic mass is 35.5. The maximum absolute atomic E-state index is 13.6. The van der Waals surface area contributed by atoms with E-state index in [2.05, 4.69) is 5.32 Å². The molecule has 0 aliphatic heterocycles. The monoisotopic (exact) mass is 383 g/mol. The number of carboxylic acid groups (broad SMARTS) is 1. The molecule has 0 radical (unpaired) electrons. The summed E-state index contributed by atoms with van der Waals surface area (Å²) in [6, 6.07) is 6.37. The first-order valence-electron chi connectivity index (χ1n) is 7.58. The number of rotatable bonds is 7. The van der Waals surface area contributed by atoms with Gasteiger partial charge in [0.15, 0.2) is 0 Å². The van der Waals surface area contributed by atoms with Crippen LogP contribution in [0.15, 0.2) is 36.4 Å². The molecule has 0 aliphatic carbocycles. The van der Waals surface area contributed by atoms with Crippen LogP contribution in [-0.4, -0.2) is 30.1 Å². The first-order chi connectivity index (χ1) is 12.3. The fourth-order valence-corrected chi connectivity index (χ4v) is 2.64. The minimum atomic E-state index is -1.25. The van der Waals surface area contributed by atoms with Crippen LogP contribution in [-0.2, 0) is 22.4 Å². The number of aliphatic carboxylic acids is 1. The summed E-state index contributed by atoms with van der Waals surface area (Å²) in [5, 5.41) is 12.0. The van der Waals surface area contributed by atoms with Crippen molar-refractivity contribution in [3.63, 3.8) is 0 Å². The number of amides is 1. The smallest absolute Gasteiger partial charge is 0.326 e. The van der Waals surface area contributed by atoms with Crippen molar-refractivity contribution < 1.29 is 28.2 Å². The summed E-state index contributed by atoms with van der Waals surface area (Å²) in [7, 11) is 1.45. The van der Waals surface area contributed by atoms with Gasteiger partial charge in [-0.05, 0) is 29.3 Å². The molecule has 26 heavy (non-hydrogen) atoms. The van der Waals surface area contributed by atoms with E-state index in [-0.39, 0.29) is 12.0 Å². The normalized spacial score (nSPS) is 11.7. The van der Waals surface area contributed by atoms with Gasteiger partial charge in [-0.25, -0.2) is 13.6 Å². The summed E-state index contributed by atoms with van der Waals surface area (Å²) in [6.45, 7) is 0. The number of carbonyl (C=O) groups excluding carboxylic acids is 1. The highest BCUT2D eigenvalue weighted by Gasteiger charge is 2.21. The average Bonchev–Trinajstić information content (AvgIpc) is 2.57. The third-order valence-electron chi connectivity index (χ3n) is 3.66. The molecule has 1 amide bonds. The molecule has 0 heterocycles. The van der Waals surface area contributed by atoms with Crippen molar-refractivity contribution in [2.75, 3.05) is 7.11 Å². The number of nitrogens with one attached hydrogen (secondary N) is 1. The molecule has 0 fully saturated rings. The van der Waals surface area contributed by atoms with Gasteiger partial charge in [-0.3, -0.25) is 4.79 Å². The number of halogens is 3. The lowest BCUT2D eigenvalue weighted by molar-refractivity contribution is -0.141. The molecule has 1 atom stereocenters. The molecule has 2 aromatic rings. The van der Waals surface area contributed by atoms with Crippen molar-refractivity contribution in [3.8, 4) is 5.75 Å². The Kier molecular flexibility index (Phi) is 6.52. The van der Waals surface area contributed by atoms with Crippen LogP contribution in [0.3, 0.4) is 0 Å². The van der Waals surface area contributed by atoms with E-state index in [4.69, 9.17) is 16.3 Å². The van der Waals surface area contributed by atoms with Gasteiger partial charge in [0, 0.05) is 12.5 Å². The standard InChI is InChI=1S/C18H16ClF2NO4/c1-26-16-5-2-10(6-13(16)19)7-15(18(24)25)22-17(23)8-11-3-4-12(20)9-14(11)21/h2-6,9,15H,7-8H2,1H3,(H,22,23)(H,24,25)/t15-/m0/s1. The van der Waals surface area contributed by atoms with Crippen molar-refractivity contribution in [3.05, 3.63) is 64.2 Å². The number of carbonyl (C=O) groups is 2. The Balaban J connectivity index is 2.06. The zero-order chi connectivity index (χ0) is 19.3. The Morgan fingerprint density at radius 1 is 1.23 bits per heavy atom. The topological polar surface area (TPSA) is 75.6 Å². The highest BCUT2D eigenvalue weighted by molar-refractivity contribution is 6.32. The molecule has 2 aromatic carbocycles. The number of methoxy groups -OCH3 is 1. The number of hydrogen-bond donors (Lipinski definition) is 2. The molecule has 0 aliphatic rings. The SMILES string of the molecule is COc1ccc(C[C@H](NC(=O)Cc2ccc(F)cc2F)C(=O)O)cc1Cl. The van der Waals surface area contributed by atoms with Crippen molar-refractivity contribution in [1.29, 1.82) is 0 Å². The number of hydrogen-bond acceptors (Lipinski definition) is 3. The summed E-state index contributed by atoms with van der Waals surface area (Å²) in [6.07, 6.45) is -0.421. The highest BCUT2D eigenvalue weighted by Crippen LogP contribution is 2.25. The second kappa shape index (κ2) is 8.62. The molecule has 5 nitrogen and oxygen atoms in total. The van der Waals surface area contributed by atoms with Crippen LogP contribution in [0.1, 0.15) is 11.1 Å². The Bertz CT molecular complexity index is 829. The van der Waals surface area contributed by atoms with Gasteiger partial charge in [-0.15, -0.1) is 0 Å². The van der Waals surface area contributed by atoms with Gasteiger partial charge in [0.2, 0.25) is 5.91 Å². The lowest BCUT2D eigenvalue weighted by Gasteiger charge is -2.15. The zero-order valence-electron chi connectivity index (χ0n) is 13.8. The Morgan fingerprint density at radius 3 is 2.54 bits per heavy atom. The summed E-state index contributed by atoms with van der Waals surface area (Å²) in [5.41, 5.74) is 0.553. The van der Waals surface area contributed by atoms with E-state index in [0.717, 1.165) is 12.1 Å². The minimum Gasteiger partial charge on any atom is -0.495 e. The Morgan fingerprint density at radius 2 is 1.96 bits per heavy atom. The number of ether oxygens (including phenoxy) is 1. The predicted molar refractivity (Wildman–Crippen MR) is 91.3 cm³/mol. The van der Waals surface area contributed by atoms with E-state index in [0.29, 0.717) is 22.4 Å². The minimum absolute atomic E-state index is 0.0172. The average molecular weight is 384 g/mol. The quantitative estimate of drug-likeness (QED) is 0.770. The largest absolute Gasteiger partial charge is 0.495 e. The molecular formula is C18H16ClF2NO4. The van der Waals surface area contributed by atoms with Crippen LogP contribution in [0.4, 0.5) is 8.78 Å². The lowest BCUT2D eigenvalue weighted by atomic mass is 10.0. The second-order valence-electron chi connectivity index (χ2n) is 5.54. The zero-order valence-corrected chi connectivity index (χ0v) is 14.5. The Hall–Kier alpha value is -2.67. The maximum Gasteiger partial charge on any atom is 0.326 e. The van der Waals surface area contributed by atoms with Gasteiger partial charge in [0.05, 0.1) is 18.6 Å². The summed E-state index contributed by atoms with van der Waals surface area (Å²) < 4.78 is 31.5. The molecule has 2 N–H and O–H groups in total. The molecule has 0 unspecified atom stereocenters. The van der Waals surface area contributed by atoms with Crippen LogP contribution in [0.25, 0.3) is 0 Å². The van der Waals surface area contributed by atoms with Gasteiger partial charge in [0.25, 0.3) is 0 Å². The predicted octanol–water partition coefficient (Wildman–Crippen LogP) is 2.98. The summed E-state index contributed by atoms with van der Waals surface area (Å²) in [4.78, 5) is 23.5. The third-order valence-corrected chi connectivity index (χ3v) is 3.95. The van der Waals surface area contributed by atoms with E-state index in [1.807, 2.05) is 0 Å². The second-order valence-corrected chi connectivity index (χ2v) is 5.95. The van der Waals surface area contributed by atoms with Crippen LogP contribution in [0.2, 0.25) is 5.02 Å². The van der Waals surface area contributed by atoms with Crippen molar-refractivity contribution in [1.82, 2.24) is 5.32 Å². The van der Waals surface area contributed by atoms with Gasteiger partial charge in [-0.2, -0.15) is 0 Å². The molecule has 0 bridgehead atoms. The first-order valence-corrected chi connectivity index (χ1v) is 7.96. The van der Waals surface area contributed by atoms with E-state index >= 15 is 0 Å². The fraction of sp³-hybridized carbons (Fsp3) is 0.222. The van der Waals surface area contributed by atoms with Gasteiger partial charge < -0.3 is 15.2 Å². The summed E-state index contributed by atoms with van der Waals surface area (Å²) >= 11 is 6.00. The van der Waals surface area contributed by atoms with Crippen LogP contribution < -0.4 is 10.1 Å². The molecule has 0 saturated carbocycles. The van der Waals surface area contributed by atoms with Gasteiger partial charge >= 0.3 is 5.97 Å². The van der Waals surface area contributed by atoms with Crippen molar-refractivity contribution in [2.24, 2.45) is 0 Å². The molecule has 138 valence electrons. The van der Waals surface area contributed by atoms with Crippen molar-refractivity contribution >= 4 is 23.5 Å². The Labute approximate surface area is 153 Å². The van der Waals surface area contributed by atoms with E-state index in [1.54, 1.807) is 18.2 Å². The number of benzene rings is 2. The molecule has 2 rings (SSSR count). The van der Waals surface area contributed by atoms with E-state index in [9.17, 15) is 23.5 Å². The van der Waals surface area contributed by atoms with E-state index < -0.39 is 36.0 Å². The lowest BCUT2D eigenvalue weighted by Crippen LogP contribution is -2.43. The van der Waals surface area contributed by atoms with Crippen LogP contribution in [0.5, 0.6) is 5.75 Å². The van der Waals surface area contributed by atoms with Crippen LogP contribution in [0, 0.1) is 11.6 Å². The fourth-order valence-electron chi connectivity index (χ4n) is 2.36. The van der Waals surface area contributed by atoms with Gasteiger partial charge in [-0.1, -0.05) is 23.7 Å².